The van der Waals surface area contributed by atoms with Crippen molar-refractivity contribution in [2.24, 2.45) is 5.92 Å². The molecule has 0 saturated carbocycles. The van der Waals surface area contributed by atoms with Gasteiger partial charge < -0.3 is 19.2 Å². The minimum absolute atomic E-state index is 0.111. The van der Waals surface area contributed by atoms with Gasteiger partial charge in [0.05, 0.1) is 19.6 Å². The van der Waals surface area contributed by atoms with E-state index in [0.717, 1.165) is 55.6 Å². The SMILES string of the molecule is CN(C(=O)CCC[N+]12CCC(CC1)[C@@H](OC(=O)C(O)(c1ccccc1)c1ccccc1)C2)c1ccccc1. The molecule has 0 aromatic heterocycles. The molecule has 198 valence electrons. The summed E-state index contributed by atoms with van der Waals surface area (Å²) in [5.41, 5.74) is 0.0397. The van der Waals surface area contributed by atoms with E-state index in [2.05, 4.69) is 0 Å². The van der Waals surface area contributed by atoms with Gasteiger partial charge in [-0.1, -0.05) is 78.9 Å². The van der Waals surface area contributed by atoms with Crippen LogP contribution in [0.2, 0.25) is 0 Å². The first kappa shape index (κ1) is 26.1. The number of benzene rings is 3. The van der Waals surface area contributed by atoms with Crippen LogP contribution in [0, 0.1) is 5.92 Å². The van der Waals surface area contributed by atoms with Gasteiger partial charge >= 0.3 is 5.97 Å². The average molecular weight is 514 g/mol. The van der Waals surface area contributed by atoms with E-state index in [0.29, 0.717) is 23.5 Å². The number of aliphatic hydroxyl groups is 1. The van der Waals surface area contributed by atoms with Gasteiger partial charge in [0, 0.05) is 44.3 Å². The fourth-order valence-corrected chi connectivity index (χ4v) is 6.18. The zero-order valence-electron chi connectivity index (χ0n) is 22.0. The van der Waals surface area contributed by atoms with Crippen LogP contribution in [0.15, 0.2) is 91.0 Å². The van der Waals surface area contributed by atoms with Gasteiger partial charge in [-0.25, -0.2) is 4.79 Å². The molecule has 3 saturated heterocycles. The van der Waals surface area contributed by atoms with Crippen molar-refractivity contribution in [2.45, 2.75) is 37.4 Å². The normalized spacial score (nSPS) is 22.6. The quantitative estimate of drug-likeness (QED) is 0.338. The predicted octanol–water partition coefficient (Wildman–Crippen LogP) is 4.52. The monoisotopic (exact) mass is 513 g/mol. The number of hydrogen-bond donors (Lipinski definition) is 1. The van der Waals surface area contributed by atoms with E-state index in [1.807, 2.05) is 73.8 Å². The van der Waals surface area contributed by atoms with Crippen LogP contribution in [-0.4, -0.2) is 60.8 Å². The Morgan fingerprint density at radius 2 is 1.42 bits per heavy atom. The van der Waals surface area contributed by atoms with E-state index in [4.69, 9.17) is 4.74 Å². The van der Waals surface area contributed by atoms with Crippen molar-refractivity contribution in [3.8, 4) is 0 Å². The van der Waals surface area contributed by atoms with Crippen LogP contribution in [0.5, 0.6) is 0 Å². The van der Waals surface area contributed by atoms with E-state index >= 15 is 0 Å². The standard InChI is InChI=1S/C32H37N2O4/c1-33(28-16-9-4-10-17-28)30(35)18-11-21-34-22-19-25(20-23-34)29(24-34)38-31(36)32(37,26-12-5-2-6-13-26)27-14-7-3-8-15-27/h2-10,12-17,25,29,37H,11,18-24H2,1H3/q+1/t25?,29-,34?/m0/s1. The van der Waals surface area contributed by atoms with Crippen LogP contribution in [0.1, 0.15) is 36.8 Å². The Morgan fingerprint density at radius 3 is 1.97 bits per heavy atom. The van der Waals surface area contributed by atoms with Gasteiger partial charge in [-0.15, -0.1) is 0 Å². The second-order valence-electron chi connectivity index (χ2n) is 10.8. The van der Waals surface area contributed by atoms with Crippen molar-refractivity contribution in [3.05, 3.63) is 102 Å². The van der Waals surface area contributed by atoms with Crippen LogP contribution in [-0.2, 0) is 19.9 Å². The van der Waals surface area contributed by atoms with Crippen molar-refractivity contribution >= 4 is 17.6 Å². The molecular formula is C32H37N2O4+. The predicted molar refractivity (Wildman–Crippen MR) is 147 cm³/mol. The number of hydrogen-bond acceptors (Lipinski definition) is 4. The number of amides is 1. The number of anilines is 1. The van der Waals surface area contributed by atoms with Gasteiger partial charge in [0.25, 0.3) is 0 Å². The maximum absolute atomic E-state index is 13.7. The van der Waals surface area contributed by atoms with Crippen molar-refractivity contribution in [2.75, 3.05) is 38.1 Å². The van der Waals surface area contributed by atoms with E-state index in [-0.39, 0.29) is 12.0 Å². The molecule has 6 nitrogen and oxygen atoms in total. The minimum atomic E-state index is -1.87. The topological polar surface area (TPSA) is 66.8 Å². The first-order valence-electron chi connectivity index (χ1n) is 13.6. The lowest BCUT2D eigenvalue weighted by atomic mass is 9.82. The van der Waals surface area contributed by atoms with Crippen LogP contribution in [0.3, 0.4) is 0 Å². The molecule has 1 N–H and O–H groups in total. The lowest BCUT2D eigenvalue weighted by Crippen LogP contribution is -2.65. The highest BCUT2D eigenvalue weighted by Crippen LogP contribution is 2.38. The van der Waals surface area contributed by atoms with Crippen LogP contribution in [0.4, 0.5) is 5.69 Å². The Morgan fingerprint density at radius 1 is 0.895 bits per heavy atom. The van der Waals surface area contributed by atoms with Crippen molar-refractivity contribution in [1.29, 1.82) is 0 Å². The van der Waals surface area contributed by atoms with Crippen molar-refractivity contribution in [1.82, 2.24) is 0 Å². The summed E-state index contributed by atoms with van der Waals surface area (Å²) in [6, 6.07) is 27.8. The van der Waals surface area contributed by atoms with E-state index < -0.39 is 11.6 Å². The fourth-order valence-electron chi connectivity index (χ4n) is 6.18. The zero-order valence-corrected chi connectivity index (χ0v) is 22.0. The number of carbonyl (C=O) groups excluding carboxylic acids is 2. The van der Waals surface area contributed by atoms with E-state index in [1.54, 1.807) is 29.2 Å². The molecule has 3 aromatic rings. The number of quaternary nitrogens is 1. The summed E-state index contributed by atoms with van der Waals surface area (Å²) in [4.78, 5) is 28.2. The fraction of sp³-hybridized carbons (Fsp3) is 0.375. The number of rotatable bonds is 9. The molecule has 1 atom stereocenters. The molecular weight excluding hydrogens is 476 g/mol. The zero-order chi connectivity index (χ0) is 26.6. The van der Waals surface area contributed by atoms with Crippen LogP contribution < -0.4 is 4.90 Å². The molecule has 1 amide bonds. The molecule has 6 rings (SSSR count). The summed E-state index contributed by atoms with van der Waals surface area (Å²) < 4.78 is 7.03. The summed E-state index contributed by atoms with van der Waals surface area (Å²) in [5.74, 6) is -0.202. The molecule has 2 bridgehead atoms. The number of esters is 1. The highest BCUT2D eigenvalue weighted by atomic mass is 16.6. The molecule has 38 heavy (non-hydrogen) atoms. The second kappa shape index (κ2) is 11.1. The summed E-state index contributed by atoms with van der Waals surface area (Å²) >= 11 is 0. The number of fused-ring (bicyclic) bond motifs is 3. The summed E-state index contributed by atoms with van der Waals surface area (Å²) in [5, 5.41) is 11.8. The van der Waals surface area contributed by atoms with Gasteiger partial charge in [0.1, 0.15) is 6.54 Å². The Labute approximate surface area is 225 Å². The van der Waals surface area contributed by atoms with Gasteiger partial charge in [0.2, 0.25) is 11.5 Å². The smallest absolute Gasteiger partial charge is 0.348 e. The Bertz CT molecular complexity index is 1180. The lowest BCUT2D eigenvalue weighted by Gasteiger charge is -2.52. The lowest BCUT2D eigenvalue weighted by molar-refractivity contribution is -0.946. The first-order valence-corrected chi connectivity index (χ1v) is 13.6. The average Bonchev–Trinajstić information content (AvgIpc) is 2.98. The molecule has 0 radical (unpaired) electrons. The molecule has 3 aliphatic rings. The third-order valence-electron chi connectivity index (χ3n) is 8.52. The maximum atomic E-state index is 13.7. The second-order valence-corrected chi connectivity index (χ2v) is 10.8. The van der Waals surface area contributed by atoms with Gasteiger partial charge in [-0.3, -0.25) is 4.79 Å². The summed E-state index contributed by atoms with van der Waals surface area (Å²) in [6.07, 6.45) is 3.02. The molecule has 3 aromatic carbocycles. The molecule has 3 heterocycles. The summed E-state index contributed by atoms with van der Waals surface area (Å²) in [7, 11) is 1.83. The van der Waals surface area contributed by atoms with E-state index in [9.17, 15) is 14.7 Å². The number of nitrogens with zero attached hydrogens (tertiary/aromatic N) is 2. The molecule has 0 unspecified atom stereocenters. The number of piperidine rings is 3. The molecule has 0 aliphatic carbocycles. The van der Waals surface area contributed by atoms with Gasteiger partial charge in [0.15, 0.2) is 6.10 Å². The third-order valence-corrected chi connectivity index (χ3v) is 8.52. The third kappa shape index (κ3) is 5.24. The van der Waals surface area contributed by atoms with E-state index in [1.165, 1.54) is 0 Å². The van der Waals surface area contributed by atoms with Crippen molar-refractivity contribution < 1.29 is 23.9 Å². The van der Waals surface area contributed by atoms with Crippen molar-refractivity contribution in [3.63, 3.8) is 0 Å². The Kier molecular flexibility index (Phi) is 7.63. The highest BCUT2D eigenvalue weighted by molar-refractivity contribution is 5.92. The molecule has 0 spiro atoms. The highest BCUT2D eigenvalue weighted by Gasteiger charge is 2.50. The van der Waals surface area contributed by atoms with Gasteiger partial charge in [-0.2, -0.15) is 0 Å². The minimum Gasteiger partial charge on any atom is -0.453 e. The Balaban J connectivity index is 1.25. The Hall–Kier alpha value is -3.48. The summed E-state index contributed by atoms with van der Waals surface area (Å²) in [6.45, 7) is 3.71. The van der Waals surface area contributed by atoms with Gasteiger partial charge in [-0.05, 0) is 23.3 Å². The molecule has 3 fully saturated rings. The first-order chi connectivity index (χ1) is 18.4. The number of para-hydroxylation sites is 1. The van der Waals surface area contributed by atoms with Crippen LogP contribution in [0.25, 0.3) is 0 Å². The van der Waals surface area contributed by atoms with Crippen LogP contribution >= 0.6 is 0 Å². The molecule has 3 aliphatic heterocycles. The maximum Gasteiger partial charge on any atom is 0.348 e. The largest absolute Gasteiger partial charge is 0.453 e. The number of ether oxygens (including phenoxy) is 1. The molecule has 6 heteroatoms. The number of carbonyl (C=O) groups is 2.